The molecule has 0 fully saturated rings. The van der Waals surface area contributed by atoms with Crippen LogP contribution >= 0.6 is 0 Å². The van der Waals surface area contributed by atoms with E-state index in [1.165, 1.54) is 32.1 Å². The fraction of sp³-hybridized carbons (Fsp3) is 0.800. The Bertz CT molecular complexity index is 138. The normalized spacial score (nSPS) is 20.0. The Balaban J connectivity index is 2.18. The zero-order chi connectivity index (χ0) is 8.10. The molecule has 0 aromatic carbocycles. The average molecular weight is 153 g/mol. The standard InChI is InChI=1S/C10H19N/c1-9(6-7-11)8-10-4-2-3-5-10/h4,9H,2-3,5-8,11H2,1H3. The predicted octanol–water partition coefficient (Wildman–Crippen LogP) is 2.47. The largest absolute Gasteiger partial charge is 0.330 e. The molecule has 0 amide bonds. The van der Waals surface area contributed by atoms with Gasteiger partial charge in [-0.15, -0.1) is 0 Å². The van der Waals surface area contributed by atoms with Crippen molar-refractivity contribution in [2.24, 2.45) is 11.7 Å². The molecular formula is C10H19N. The van der Waals surface area contributed by atoms with E-state index in [0.717, 1.165) is 12.5 Å². The maximum absolute atomic E-state index is 5.48. The molecule has 2 N–H and O–H groups in total. The van der Waals surface area contributed by atoms with Crippen molar-refractivity contribution in [3.05, 3.63) is 11.6 Å². The van der Waals surface area contributed by atoms with E-state index >= 15 is 0 Å². The summed E-state index contributed by atoms with van der Waals surface area (Å²) in [6.07, 6.45) is 8.91. The highest BCUT2D eigenvalue weighted by atomic mass is 14.5. The summed E-state index contributed by atoms with van der Waals surface area (Å²) in [6.45, 7) is 3.14. The molecule has 0 saturated heterocycles. The molecule has 0 bridgehead atoms. The van der Waals surface area contributed by atoms with E-state index in [4.69, 9.17) is 5.73 Å². The van der Waals surface area contributed by atoms with E-state index in [1.54, 1.807) is 5.57 Å². The number of nitrogens with two attached hydrogens (primary N) is 1. The summed E-state index contributed by atoms with van der Waals surface area (Å²) >= 11 is 0. The van der Waals surface area contributed by atoms with E-state index in [0.29, 0.717) is 0 Å². The fourth-order valence-corrected chi connectivity index (χ4v) is 1.76. The van der Waals surface area contributed by atoms with Gasteiger partial charge in [0, 0.05) is 0 Å². The molecule has 1 atom stereocenters. The van der Waals surface area contributed by atoms with Crippen molar-refractivity contribution in [3.8, 4) is 0 Å². The molecule has 1 heteroatoms. The van der Waals surface area contributed by atoms with Crippen molar-refractivity contribution in [2.45, 2.75) is 39.0 Å². The molecule has 0 aliphatic heterocycles. The Kier molecular flexibility index (Phi) is 3.64. The van der Waals surface area contributed by atoms with Crippen LogP contribution in [0, 0.1) is 5.92 Å². The van der Waals surface area contributed by atoms with Crippen LogP contribution in [-0.4, -0.2) is 6.54 Å². The van der Waals surface area contributed by atoms with Gasteiger partial charge in [-0.2, -0.15) is 0 Å². The van der Waals surface area contributed by atoms with Crippen molar-refractivity contribution in [1.82, 2.24) is 0 Å². The Morgan fingerprint density at radius 3 is 3.00 bits per heavy atom. The lowest BCUT2D eigenvalue weighted by molar-refractivity contribution is 0.530. The van der Waals surface area contributed by atoms with E-state index < -0.39 is 0 Å². The van der Waals surface area contributed by atoms with Crippen LogP contribution in [0.25, 0.3) is 0 Å². The van der Waals surface area contributed by atoms with Crippen LogP contribution in [-0.2, 0) is 0 Å². The number of allylic oxidation sites excluding steroid dienone is 2. The maximum Gasteiger partial charge on any atom is -0.00746 e. The smallest absolute Gasteiger partial charge is 0.00746 e. The Hall–Kier alpha value is -0.300. The molecule has 0 aromatic rings. The van der Waals surface area contributed by atoms with Crippen LogP contribution in [0.2, 0.25) is 0 Å². The summed E-state index contributed by atoms with van der Waals surface area (Å²) in [5.41, 5.74) is 7.16. The van der Waals surface area contributed by atoms with Gasteiger partial charge < -0.3 is 5.73 Å². The summed E-state index contributed by atoms with van der Waals surface area (Å²) in [5.74, 6) is 0.796. The van der Waals surface area contributed by atoms with Crippen LogP contribution in [0.1, 0.15) is 39.0 Å². The molecule has 64 valence electrons. The van der Waals surface area contributed by atoms with E-state index in [9.17, 15) is 0 Å². The van der Waals surface area contributed by atoms with Crippen LogP contribution < -0.4 is 5.73 Å². The van der Waals surface area contributed by atoms with E-state index in [2.05, 4.69) is 13.0 Å². The predicted molar refractivity (Wildman–Crippen MR) is 49.4 cm³/mol. The van der Waals surface area contributed by atoms with Gasteiger partial charge in [0.15, 0.2) is 0 Å². The SMILES string of the molecule is CC(CCN)CC1=CCCC1. The lowest BCUT2D eigenvalue weighted by Gasteiger charge is -2.09. The number of hydrogen-bond acceptors (Lipinski definition) is 1. The highest BCUT2D eigenvalue weighted by Crippen LogP contribution is 2.24. The third kappa shape index (κ3) is 3.06. The molecular weight excluding hydrogens is 134 g/mol. The molecule has 0 radical (unpaired) electrons. The molecule has 0 spiro atoms. The minimum atomic E-state index is 0.796. The van der Waals surface area contributed by atoms with Crippen LogP contribution in [0.15, 0.2) is 11.6 Å². The highest BCUT2D eigenvalue weighted by molar-refractivity contribution is 5.07. The summed E-state index contributed by atoms with van der Waals surface area (Å²) in [7, 11) is 0. The second-order valence-corrected chi connectivity index (χ2v) is 3.64. The van der Waals surface area contributed by atoms with Crippen LogP contribution in [0.4, 0.5) is 0 Å². The van der Waals surface area contributed by atoms with Crippen molar-refractivity contribution in [2.75, 3.05) is 6.54 Å². The van der Waals surface area contributed by atoms with Gasteiger partial charge in [-0.1, -0.05) is 18.6 Å². The quantitative estimate of drug-likeness (QED) is 0.617. The molecule has 1 rings (SSSR count). The molecule has 1 unspecified atom stereocenters. The van der Waals surface area contributed by atoms with Gasteiger partial charge in [0.2, 0.25) is 0 Å². The van der Waals surface area contributed by atoms with Gasteiger partial charge in [-0.05, 0) is 44.6 Å². The number of rotatable bonds is 4. The van der Waals surface area contributed by atoms with E-state index in [1.807, 2.05) is 0 Å². The van der Waals surface area contributed by atoms with Crippen molar-refractivity contribution in [3.63, 3.8) is 0 Å². The maximum atomic E-state index is 5.48. The molecule has 1 aliphatic carbocycles. The lowest BCUT2D eigenvalue weighted by atomic mass is 9.98. The second-order valence-electron chi connectivity index (χ2n) is 3.64. The van der Waals surface area contributed by atoms with Gasteiger partial charge in [0.1, 0.15) is 0 Å². The lowest BCUT2D eigenvalue weighted by Crippen LogP contribution is -2.06. The first-order valence-corrected chi connectivity index (χ1v) is 4.71. The third-order valence-corrected chi connectivity index (χ3v) is 2.41. The van der Waals surface area contributed by atoms with Crippen molar-refractivity contribution < 1.29 is 0 Å². The zero-order valence-electron chi connectivity index (χ0n) is 7.47. The average Bonchev–Trinajstić information content (AvgIpc) is 2.40. The van der Waals surface area contributed by atoms with E-state index in [-0.39, 0.29) is 0 Å². The summed E-state index contributed by atoms with van der Waals surface area (Å²) in [5, 5.41) is 0. The van der Waals surface area contributed by atoms with Crippen molar-refractivity contribution in [1.29, 1.82) is 0 Å². The summed E-state index contributed by atoms with van der Waals surface area (Å²) in [6, 6.07) is 0. The van der Waals surface area contributed by atoms with Gasteiger partial charge in [0.05, 0.1) is 0 Å². The molecule has 0 heterocycles. The summed E-state index contributed by atoms with van der Waals surface area (Å²) < 4.78 is 0. The minimum absolute atomic E-state index is 0.796. The van der Waals surface area contributed by atoms with Crippen LogP contribution in [0.5, 0.6) is 0 Å². The van der Waals surface area contributed by atoms with Gasteiger partial charge in [-0.3, -0.25) is 0 Å². The Morgan fingerprint density at radius 1 is 1.64 bits per heavy atom. The molecule has 0 aromatic heterocycles. The third-order valence-electron chi connectivity index (χ3n) is 2.41. The molecule has 11 heavy (non-hydrogen) atoms. The van der Waals surface area contributed by atoms with Gasteiger partial charge in [0.25, 0.3) is 0 Å². The van der Waals surface area contributed by atoms with Crippen LogP contribution in [0.3, 0.4) is 0 Å². The Labute approximate surface area is 69.7 Å². The molecule has 1 nitrogen and oxygen atoms in total. The summed E-state index contributed by atoms with van der Waals surface area (Å²) in [4.78, 5) is 0. The molecule has 1 aliphatic rings. The van der Waals surface area contributed by atoms with Gasteiger partial charge in [-0.25, -0.2) is 0 Å². The fourth-order valence-electron chi connectivity index (χ4n) is 1.76. The minimum Gasteiger partial charge on any atom is -0.330 e. The van der Waals surface area contributed by atoms with Crippen molar-refractivity contribution >= 4 is 0 Å². The molecule has 0 saturated carbocycles. The second kappa shape index (κ2) is 4.55. The first-order chi connectivity index (χ1) is 5.33. The Morgan fingerprint density at radius 2 is 2.45 bits per heavy atom. The number of hydrogen-bond donors (Lipinski definition) is 1. The zero-order valence-corrected chi connectivity index (χ0v) is 7.47. The first-order valence-electron chi connectivity index (χ1n) is 4.71. The topological polar surface area (TPSA) is 26.0 Å². The first kappa shape index (κ1) is 8.79. The monoisotopic (exact) mass is 153 g/mol. The highest BCUT2D eigenvalue weighted by Gasteiger charge is 2.08. The van der Waals surface area contributed by atoms with Gasteiger partial charge >= 0.3 is 0 Å².